The Kier molecular flexibility index (Phi) is 2.84. The van der Waals surface area contributed by atoms with Crippen molar-refractivity contribution in [2.75, 3.05) is 0 Å². The fourth-order valence-corrected chi connectivity index (χ4v) is 1.09. The second-order valence-corrected chi connectivity index (χ2v) is 2.34. The van der Waals surface area contributed by atoms with Gasteiger partial charge in [0.15, 0.2) is 0 Å². The molecule has 0 aromatic carbocycles. The number of hydrogen-bond acceptors (Lipinski definition) is 3. The molecule has 0 saturated heterocycles. The Balaban J connectivity index is 0.000000396. The maximum Gasteiger partial charge on any atom is 0.239 e. The zero-order chi connectivity index (χ0) is 9.84. The van der Waals surface area contributed by atoms with Gasteiger partial charge in [0.1, 0.15) is 11.8 Å². The molecule has 70 valence electrons. The molecule has 4 nitrogen and oxygen atoms in total. The van der Waals surface area contributed by atoms with Crippen LogP contribution in [0.25, 0.3) is 5.52 Å². The molecule has 0 aliphatic heterocycles. The largest absolute Gasteiger partial charge is 0.492 e. The molecule has 1 N–H and O–H groups in total. The molecule has 13 heavy (non-hydrogen) atoms. The van der Waals surface area contributed by atoms with Crippen LogP contribution in [0.5, 0.6) is 5.88 Å². The van der Waals surface area contributed by atoms with Crippen molar-refractivity contribution >= 4 is 5.52 Å². The predicted molar refractivity (Wildman–Crippen MR) is 50.7 cm³/mol. The van der Waals surface area contributed by atoms with Gasteiger partial charge in [-0.1, -0.05) is 13.8 Å². The number of rotatable bonds is 0. The van der Waals surface area contributed by atoms with Crippen LogP contribution in [0.15, 0.2) is 18.7 Å². The lowest BCUT2D eigenvalue weighted by molar-refractivity contribution is 0.462. The van der Waals surface area contributed by atoms with E-state index < -0.39 is 0 Å². The van der Waals surface area contributed by atoms with Gasteiger partial charge in [0, 0.05) is 12.4 Å². The van der Waals surface area contributed by atoms with E-state index in [0.717, 1.165) is 5.69 Å². The third-order valence-corrected chi connectivity index (χ3v) is 1.61. The van der Waals surface area contributed by atoms with Crippen molar-refractivity contribution in [2.24, 2.45) is 0 Å². The Hall–Kier alpha value is -1.58. The van der Waals surface area contributed by atoms with E-state index >= 15 is 0 Å². The summed E-state index contributed by atoms with van der Waals surface area (Å²) in [6.07, 6.45) is 4.97. The van der Waals surface area contributed by atoms with Gasteiger partial charge in [-0.25, -0.2) is 4.98 Å². The molecule has 0 radical (unpaired) electrons. The lowest BCUT2D eigenvalue weighted by atomic mass is 10.4. The summed E-state index contributed by atoms with van der Waals surface area (Å²) in [7, 11) is 0. The van der Waals surface area contributed by atoms with Gasteiger partial charge in [-0.15, -0.1) is 0 Å². The first kappa shape index (κ1) is 9.51. The van der Waals surface area contributed by atoms with Crippen LogP contribution < -0.4 is 0 Å². The standard InChI is InChI=1S/C7H7N3O.C2H6/c1-5-6-7(11)9-4-10(6)3-2-8-5;1-2/h2-4,11H,1H3;1-2H3. The normalized spacial score (nSPS) is 9.46. The molecule has 0 saturated carbocycles. The summed E-state index contributed by atoms with van der Waals surface area (Å²) in [5, 5.41) is 9.22. The quantitative estimate of drug-likeness (QED) is 0.670. The van der Waals surface area contributed by atoms with Gasteiger partial charge in [0.25, 0.3) is 0 Å². The summed E-state index contributed by atoms with van der Waals surface area (Å²) in [4.78, 5) is 7.75. The maximum atomic E-state index is 9.22. The van der Waals surface area contributed by atoms with E-state index in [9.17, 15) is 5.11 Å². The monoisotopic (exact) mass is 179 g/mol. The highest BCUT2D eigenvalue weighted by atomic mass is 16.3. The van der Waals surface area contributed by atoms with Crippen molar-refractivity contribution in [2.45, 2.75) is 20.8 Å². The molecule has 0 bridgehead atoms. The third kappa shape index (κ3) is 1.61. The average Bonchev–Trinajstić information content (AvgIpc) is 2.53. The fraction of sp³-hybridized carbons (Fsp3) is 0.333. The summed E-state index contributed by atoms with van der Waals surface area (Å²) in [6, 6.07) is 0. The minimum Gasteiger partial charge on any atom is -0.492 e. The SMILES string of the molecule is CC.Cc1nccn2cnc(O)c12. The molecular formula is C9H13N3O. The Morgan fingerprint density at radius 3 is 2.62 bits per heavy atom. The summed E-state index contributed by atoms with van der Waals surface area (Å²) in [6.45, 7) is 5.83. The van der Waals surface area contributed by atoms with Gasteiger partial charge >= 0.3 is 0 Å². The Bertz CT molecular complexity index is 395. The molecule has 2 aromatic heterocycles. The molecule has 0 unspecified atom stereocenters. The van der Waals surface area contributed by atoms with Crippen LogP contribution in [-0.2, 0) is 0 Å². The average molecular weight is 179 g/mol. The van der Waals surface area contributed by atoms with Crippen LogP contribution in [0.4, 0.5) is 0 Å². The fourth-order valence-electron chi connectivity index (χ4n) is 1.09. The zero-order valence-corrected chi connectivity index (χ0v) is 8.02. The number of aromatic nitrogens is 3. The summed E-state index contributed by atoms with van der Waals surface area (Å²) in [5.74, 6) is 0.0376. The van der Waals surface area contributed by atoms with Crippen LogP contribution >= 0.6 is 0 Å². The minimum absolute atomic E-state index is 0.0376. The number of aryl methyl sites for hydroxylation is 1. The lowest BCUT2D eigenvalue weighted by Crippen LogP contribution is -1.87. The molecule has 2 heterocycles. The van der Waals surface area contributed by atoms with Crippen LogP contribution in [0.3, 0.4) is 0 Å². The van der Waals surface area contributed by atoms with Crippen LogP contribution in [0, 0.1) is 6.92 Å². The van der Waals surface area contributed by atoms with E-state index in [1.54, 1.807) is 23.1 Å². The van der Waals surface area contributed by atoms with Crippen molar-refractivity contribution in [3.8, 4) is 5.88 Å². The highest BCUT2D eigenvalue weighted by Gasteiger charge is 2.03. The summed E-state index contributed by atoms with van der Waals surface area (Å²) in [5.41, 5.74) is 1.45. The molecule has 0 amide bonds. The number of fused-ring (bicyclic) bond motifs is 1. The molecule has 0 atom stereocenters. The first-order chi connectivity index (χ1) is 6.29. The van der Waals surface area contributed by atoms with Gasteiger partial charge in [-0.2, -0.15) is 0 Å². The molecule has 0 spiro atoms. The van der Waals surface area contributed by atoms with E-state index in [1.165, 1.54) is 0 Å². The second kappa shape index (κ2) is 3.89. The van der Waals surface area contributed by atoms with E-state index in [-0.39, 0.29) is 5.88 Å². The molecule has 2 aromatic rings. The molecule has 0 aliphatic rings. The summed E-state index contributed by atoms with van der Waals surface area (Å²) >= 11 is 0. The lowest BCUT2D eigenvalue weighted by Gasteiger charge is -1.94. The minimum atomic E-state index is 0.0376. The second-order valence-electron chi connectivity index (χ2n) is 2.34. The Morgan fingerprint density at radius 2 is 2.00 bits per heavy atom. The van der Waals surface area contributed by atoms with Gasteiger partial charge in [0.05, 0.1) is 5.69 Å². The van der Waals surface area contributed by atoms with Crippen molar-refractivity contribution in [1.29, 1.82) is 0 Å². The number of imidazole rings is 1. The van der Waals surface area contributed by atoms with Crippen molar-refractivity contribution in [3.63, 3.8) is 0 Å². The molecule has 4 heteroatoms. The first-order valence-corrected chi connectivity index (χ1v) is 4.26. The van der Waals surface area contributed by atoms with Crippen LogP contribution in [0.1, 0.15) is 19.5 Å². The van der Waals surface area contributed by atoms with Crippen molar-refractivity contribution in [3.05, 3.63) is 24.4 Å². The number of nitrogens with zero attached hydrogens (tertiary/aromatic N) is 3. The maximum absolute atomic E-state index is 9.22. The van der Waals surface area contributed by atoms with Gasteiger partial charge in [-0.3, -0.25) is 9.38 Å². The number of hydrogen-bond donors (Lipinski definition) is 1. The van der Waals surface area contributed by atoms with Crippen LogP contribution in [-0.4, -0.2) is 19.5 Å². The smallest absolute Gasteiger partial charge is 0.239 e. The van der Waals surface area contributed by atoms with Gasteiger partial charge in [0.2, 0.25) is 5.88 Å². The van der Waals surface area contributed by atoms with Gasteiger partial charge < -0.3 is 5.11 Å². The van der Waals surface area contributed by atoms with E-state index in [4.69, 9.17) is 0 Å². The van der Waals surface area contributed by atoms with Crippen LogP contribution in [0.2, 0.25) is 0 Å². The Labute approximate surface area is 76.9 Å². The molecule has 0 aliphatic carbocycles. The van der Waals surface area contributed by atoms with Gasteiger partial charge in [-0.05, 0) is 6.92 Å². The zero-order valence-electron chi connectivity index (χ0n) is 8.02. The topological polar surface area (TPSA) is 50.4 Å². The predicted octanol–water partition coefficient (Wildman–Crippen LogP) is 1.77. The van der Waals surface area contributed by atoms with Crippen molar-refractivity contribution < 1.29 is 5.11 Å². The molecule has 0 fully saturated rings. The van der Waals surface area contributed by atoms with E-state index in [1.807, 2.05) is 20.8 Å². The first-order valence-electron chi connectivity index (χ1n) is 4.26. The van der Waals surface area contributed by atoms with E-state index in [0.29, 0.717) is 5.52 Å². The van der Waals surface area contributed by atoms with E-state index in [2.05, 4.69) is 9.97 Å². The van der Waals surface area contributed by atoms with Crippen molar-refractivity contribution in [1.82, 2.24) is 14.4 Å². The highest BCUT2D eigenvalue weighted by Crippen LogP contribution is 2.16. The third-order valence-electron chi connectivity index (χ3n) is 1.61. The number of aromatic hydroxyl groups is 1. The summed E-state index contributed by atoms with van der Waals surface area (Å²) < 4.78 is 1.73. The molecule has 2 rings (SSSR count). The highest BCUT2D eigenvalue weighted by molar-refractivity contribution is 5.59. The molecular weight excluding hydrogens is 166 g/mol. The Morgan fingerprint density at radius 1 is 1.31 bits per heavy atom.